The number of sulfone groups is 1. The number of hydrogen-bond acceptors (Lipinski definition) is 6. The van der Waals surface area contributed by atoms with E-state index in [-0.39, 0.29) is 30.1 Å². The quantitative estimate of drug-likeness (QED) is 0.565. The van der Waals surface area contributed by atoms with Crippen LogP contribution in [0.5, 0.6) is 5.75 Å². The second-order valence-electron chi connectivity index (χ2n) is 7.76. The Morgan fingerprint density at radius 2 is 1.94 bits per heavy atom. The van der Waals surface area contributed by atoms with Crippen LogP contribution in [-0.4, -0.2) is 50.4 Å². The first-order valence-corrected chi connectivity index (χ1v) is 11.8. The minimum absolute atomic E-state index is 0.0162. The van der Waals surface area contributed by atoms with E-state index in [4.69, 9.17) is 9.15 Å². The Morgan fingerprint density at radius 3 is 2.61 bits per heavy atom. The molecule has 1 aliphatic heterocycles. The molecule has 4 rings (SSSR count). The van der Waals surface area contributed by atoms with Crippen LogP contribution in [0.2, 0.25) is 0 Å². The highest BCUT2D eigenvalue weighted by atomic mass is 32.2. The van der Waals surface area contributed by atoms with Crippen LogP contribution in [0, 0.1) is 6.92 Å². The summed E-state index contributed by atoms with van der Waals surface area (Å²) in [6, 6.07) is 14.2. The molecule has 2 heterocycles. The smallest absolute Gasteiger partial charge is 0.336 e. The number of hydrogen-bond donors (Lipinski definition) is 0. The van der Waals surface area contributed by atoms with Gasteiger partial charge in [0, 0.05) is 30.1 Å². The summed E-state index contributed by atoms with van der Waals surface area (Å²) in [4.78, 5) is 26.1. The number of ether oxygens (including phenoxy) is 1. The zero-order chi connectivity index (χ0) is 22.2. The number of aryl methyl sites for hydroxylation is 1. The molecule has 0 radical (unpaired) electrons. The van der Waals surface area contributed by atoms with Gasteiger partial charge in [-0.3, -0.25) is 4.79 Å². The Hall–Kier alpha value is -3.13. The van der Waals surface area contributed by atoms with E-state index >= 15 is 0 Å². The molecule has 1 unspecified atom stereocenters. The van der Waals surface area contributed by atoms with Crippen LogP contribution >= 0.6 is 0 Å². The van der Waals surface area contributed by atoms with E-state index < -0.39 is 15.5 Å². The Kier molecular flexibility index (Phi) is 5.58. The monoisotopic (exact) mass is 441 g/mol. The lowest BCUT2D eigenvalue weighted by molar-refractivity contribution is -0.133. The number of rotatable bonds is 5. The normalized spacial score (nSPS) is 17.5. The maximum Gasteiger partial charge on any atom is 0.336 e. The maximum atomic E-state index is 12.5. The molecule has 3 aromatic rings. The van der Waals surface area contributed by atoms with Crippen LogP contribution in [0.3, 0.4) is 0 Å². The van der Waals surface area contributed by atoms with Gasteiger partial charge in [0.1, 0.15) is 11.3 Å². The first-order chi connectivity index (χ1) is 14.7. The molecule has 1 fully saturated rings. The van der Waals surface area contributed by atoms with E-state index in [0.29, 0.717) is 23.3 Å². The zero-order valence-electron chi connectivity index (χ0n) is 17.3. The third-order valence-corrected chi connectivity index (χ3v) is 7.45. The molecule has 1 saturated heterocycles. The molecule has 0 aliphatic carbocycles. The number of nitrogens with zero attached hydrogens (tertiary/aromatic N) is 1. The summed E-state index contributed by atoms with van der Waals surface area (Å²) in [5, 5.41) is 0.773. The van der Waals surface area contributed by atoms with Gasteiger partial charge in [-0.05, 0) is 36.6 Å². The number of carbonyl (C=O) groups is 1. The summed E-state index contributed by atoms with van der Waals surface area (Å²) in [5.41, 5.74) is 2.22. The number of amides is 1. The van der Waals surface area contributed by atoms with Crippen molar-refractivity contribution in [2.75, 3.05) is 25.2 Å². The predicted octanol–water partition coefficient (Wildman–Crippen LogP) is 2.79. The van der Waals surface area contributed by atoms with E-state index in [1.54, 1.807) is 26.1 Å². The Morgan fingerprint density at radius 1 is 1.19 bits per heavy atom. The van der Waals surface area contributed by atoms with Crippen molar-refractivity contribution in [3.8, 4) is 16.9 Å². The van der Waals surface area contributed by atoms with Gasteiger partial charge in [-0.25, -0.2) is 13.2 Å². The standard InChI is InChI=1S/C23H23NO6S/c1-15-20(29-13-21(25)24(2)17-10-11-31(27,28)14-17)9-8-18-19(12-22(26)30-23(15)18)16-6-4-3-5-7-16/h3-9,12,17H,10-11,13-14H2,1-2H3. The number of fused-ring (bicyclic) bond motifs is 1. The van der Waals surface area contributed by atoms with Crippen LogP contribution in [-0.2, 0) is 14.6 Å². The van der Waals surface area contributed by atoms with Gasteiger partial charge in [0.2, 0.25) is 0 Å². The molecule has 2 aromatic carbocycles. The van der Waals surface area contributed by atoms with Crippen LogP contribution in [0.4, 0.5) is 0 Å². The summed E-state index contributed by atoms with van der Waals surface area (Å²) in [6.45, 7) is 1.54. The van der Waals surface area contributed by atoms with Crippen LogP contribution in [0.1, 0.15) is 12.0 Å². The van der Waals surface area contributed by atoms with E-state index in [0.717, 1.165) is 16.5 Å². The molecule has 0 spiro atoms. The fraction of sp³-hybridized carbons (Fsp3) is 0.304. The Balaban J connectivity index is 1.57. The first-order valence-electron chi connectivity index (χ1n) is 9.97. The highest BCUT2D eigenvalue weighted by molar-refractivity contribution is 7.91. The Labute approximate surface area is 180 Å². The third-order valence-electron chi connectivity index (χ3n) is 5.70. The van der Waals surface area contributed by atoms with E-state index in [1.165, 1.54) is 11.0 Å². The van der Waals surface area contributed by atoms with Gasteiger partial charge in [-0.2, -0.15) is 0 Å². The zero-order valence-corrected chi connectivity index (χ0v) is 18.1. The first kappa shape index (κ1) is 21.1. The van der Waals surface area contributed by atoms with Gasteiger partial charge in [0.15, 0.2) is 16.4 Å². The minimum atomic E-state index is -3.08. The number of benzene rings is 2. The van der Waals surface area contributed by atoms with Crippen molar-refractivity contribution in [2.24, 2.45) is 0 Å². The average Bonchev–Trinajstić information content (AvgIpc) is 3.12. The molecule has 162 valence electrons. The Bertz CT molecular complexity index is 1300. The molecule has 0 N–H and O–H groups in total. The SMILES string of the molecule is Cc1c(OCC(=O)N(C)C2CCS(=O)(=O)C2)ccc2c(-c3ccccc3)cc(=O)oc12. The fourth-order valence-electron chi connectivity index (χ4n) is 3.88. The lowest BCUT2D eigenvalue weighted by Crippen LogP contribution is -2.40. The van der Waals surface area contributed by atoms with Gasteiger partial charge in [-0.1, -0.05) is 30.3 Å². The molecule has 0 bridgehead atoms. The summed E-state index contributed by atoms with van der Waals surface area (Å²) in [6.07, 6.45) is 0.437. The van der Waals surface area contributed by atoms with E-state index in [2.05, 4.69) is 0 Å². The second kappa shape index (κ2) is 8.19. The molecule has 1 atom stereocenters. The summed E-state index contributed by atoms with van der Waals surface area (Å²) >= 11 is 0. The van der Waals surface area contributed by atoms with Crippen molar-refractivity contribution in [3.05, 3.63) is 64.5 Å². The molecule has 1 aromatic heterocycles. The van der Waals surface area contributed by atoms with Gasteiger partial charge in [0.25, 0.3) is 5.91 Å². The highest BCUT2D eigenvalue weighted by Gasteiger charge is 2.32. The molecule has 7 nitrogen and oxygen atoms in total. The van der Waals surface area contributed by atoms with Gasteiger partial charge >= 0.3 is 5.63 Å². The van der Waals surface area contributed by atoms with Crippen molar-refractivity contribution in [3.63, 3.8) is 0 Å². The minimum Gasteiger partial charge on any atom is -0.483 e. The molecular weight excluding hydrogens is 418 g/mol. The lowest BCUT2D eigenvalue weighted by atomic mass is 10.0. The number of carbonyl (C=O) groups excluding carboxylic acids is 1. The summed E-state index contributed by atoms with van der Waals surface area (Å²) < 4.78 is 34.5. The molecule has 8 heteroatoms. The summed E-state index contributed by atoms with van der Waals surface area (Å²) in [7, 11) is -1.49. The van der Waals surface area contributed by atoms with Gasteiger partial charge in [0.05, 0.1) is 11.5 Å². The lowest BCUT2D eigenvalue weighted by Gasteiger charge is -2.23. The number of likely N-dealkylation sites (N-methyl/N-ethyl adjacent to an activating group) is 1. The second-order valence-corrected chi connectivity index (χ2v) is 9.99. The van der Waals surface area contributed by atoms with Crippen molar-refractivity contribution in [1.29, 1.82) is 0 Å². The van der Waals surface area contributed by atoms with Crippen LogP contribution in [0.15, 0.2) is 57.7 Å². The largest absolute Gasteiger partial charge is 0.483 e. The molecular formula is C23H23NO6S. The highest BCUT2D eigenvalue weighted by Crippen LogP contribution is 2.33. The van der Waals surface area contributed by atoms with E-state index in [1.807, 2.05) is 30.3 Å². The third kappa shape index (κ3) is 4.34. The molecule has 31 heavy (non-hydrogen) atoms. The van der Waals surface area contributed by atoms with Crippen LogP contribution in [0.25, 0.3) is 22.1 Å². The maximum absolute atomic E-state index is 12.5. The van der Waals surface area contributed by atoms with Gasteiger partial charge < -0.3 is 14.1 Å². The van der Waals surface area contributed by atoms with Crippen LogP contribution < -0.4 is 10.4 Å². The average molecular weight is 442 g/mol. The predicted molar refractivity (Wildman–Crippen MR) is 118 cm³/mol. The van der Waals surface area contributed by atoms with Crippen molar-refractivity contribution in [2.45, 2.75) is 19.4 Å². The van der Waals surface area contributed by atoms with Crippen molar-refractivity contribution in [1.82, 2.24) is 4.90 Å². The fourth-order valence-corrected chi connectivity index (χ4v) is 5.66. The summed E-state index contributed by atoms with van der Waals surface area (Å²) in [5.74, 6) is 0.211. The van der Waals surface area contributed by atoms with E-state index in [9.17, 15) is 18.0 Å². The molecule has 1 amide bonds. The van der Waals surface area contributed by atoms with Crippen molar-refractivity contribution >= 4 is 26.7 Å². The molecule has 0 saturated carbocycles. The van der Waals surface area contributed by atoms with Crippen molar-refractivity contribution < 1.29 is 22.4 Å². The molecule has 1 aliphatic rings. The topological polar surface area (TPSA) is 93.9 Å². The van der Waals surface area contributed by atoms with Gasteiger partial charge in [-0.15, -0.1) is 0 Å².